The molecule has 0 aromatic heterocycles. The van der Waals surface area contributed by atoms with Gasteiger partial charge in [-0.1, -0.05) is 0 Å². The molecule has 2 unspecified atom stereocenters. The summed E-state index contributed by atoms with van der Waals surface area (Å²) in [6.45, 7) is 0. The number of methoxy groups -OCH3 is 4. The maximum atomic E-state index is 12.9. The van der Waals surface area contributed by atoms with Crippen molar-refractivity contribution in [2.45, 2.75) is 6.04 Å². The van der Waals surface area contributed by atoms with E-state index in [-0.39, 0.29) is 26.1 Å². The van der Waals surface area contributed by atoms with Gasteiger partial charge in [-0.25, -0.2) is 0 Å². The molecule has 2 aliphatic heterocycles. The van der Waals surface area contributed by atoms with E-state index in [4.69, 9.17) is 18.9 Å². The molecule has 0 radical (unpaired) electrons. The number of esters is 4. The van der Waals surface area contributed by atoms with E-state index in [0.717, 1.165) is 25.8 Å². The van der Waals surface area contributed by atoms with Crippen molar-refractivity contribution in [2.24, 2.45) is 5.92 Å². The first-order valence-corrected chi connectivity index (χ1v) is 10.4. The van der Waals surface area contributed by atoms with Gasteiger partial charge in [-0.2, -0.15) is 0 Å². The van der Waals surface area contributed by atoms with Crippen LogP contribution in [0.1, 0.15) is 0 Å². The van der Waals surface area contributed by atoms with Gasteiger partial charge in [0.25, 0.3) is 0 Å². The van der Waals surface area contributed by atoms with Gasteiger partial charge >= 0.3 is 178 Å². The predicted molar refractivity (Wildman–Crippen MR) is 105 cm³/mol. The van der Waals surface area contributed by atoms with Gasteiger partial charge in [0.1, 0.15) is 0 Å². The molecule has 1 aromatic carbocycles. The molecular formula is C20H19NO8Se. The van der Waals surface area contributed by atoms with E-state index in [1.807, 2.05) is 12.1 Å². The molecule has 0 N–H and O–H groups in total. The summed E-state index contributed by atoms with van der Waals surface area (Å²) in [7, 11) is 4.58. The molecule has 3 rings (SSSR count). The third-order valence-electron chi connectivity index (χ3n) is 4.75. The molecule has 0 spiro atoms. The van der Waals surface area contributed by atoms with Gasteiger partial charge in [0, 0.05) is 0 Å². The van der Waals surface area contributed by atoms with Crippen LogP contribution in [0.15, 0.2) is 46.1 Å². The van der Waals surface area contributed by atoms with E-state index in [0.29, 0.717) is 10.3 Å². The fourth-order valence-electron chi connectivity index (χ4n) is 3.45. The molecule has 30 heavy (non-hydrogen) atoms. The van der Waals surface area contributed by atoms with Crippen LogP contribution in [0.5, 0.6) is 0 Å². The Balaban J connectivity index is 2.38. The minimum absolute atomic E-state index is 0.166. The number of ether oxygens (including phenoxy) is 4. The Morgan fingerprint density at radius 3 is 2.10 bits per heavy atom. The third-order valence-corrected chi connectivity index (χ3v) is 7.03. The molecule has 0 bridgehead atoms. The number of hydrogen-bond acceptors (Lipinski definition) is 9. The zero-order chi connectivity index (χ0) is 22.0. The van der Waals surface area contributed by atoms with Crippen LogP contribution in [0.3, 0.4) is 0 Å². The van der Waals surface area contributed by atoms with Crippen molar-refractivity contribution in [1.82, 2.24) is 0 Å². The van der Waals surface area contributed by atoms with E-state index >= 15 is 0 Å². The topological polar surface area (TPSA) is 108 Å². The van der Waals surface area contributed by atoms with E-state index in [1.165, 1.54) is 13.2 Å². The van der Waals surface area contributed by atoms with E-state index in [1.54, 1.807) is 17.0 Å². The standard InChI is InChI=1S/C20H19NO8Se/c1-26-17(22)10-9-13-21(11-7-5-6-8-12(11)30-13)16(20(25)29-4)15(19(24)28-3)14(10)18(23)27-2/h5-9,15-16H,1-4H3. The number of nitrogens with zero attached hydrogens (tertiary/aromatic N) is 1. The normalized spacial score (nSPS) is 19.7. The summed E-state index contributed by atoms with van der Waals surface area (Å²) in [6.07, 6.45) is 1.47. The Bertz CT molecular complexity index is 983. The number of rotatable bonds is 4. The van der Waals surface area contributed by atoms with Crippen molar-refractivity contribution in [3.8, 4) is 0 Å². The summed E-state index contributed by atoms with van der Waals surface area (Å²) in [5, 5.41) is 0. The molecule has 2 aliphatic rings. The molecule has 9 nitrogen and oxygen atoms in total. The molecule has 1 aromatic rings. The number of anilines is 1. The van der Waals surface area contributed by atoms with Gasteiger partial charge in [-0.05, 0) is 0 Å². The number of fused-ring (bicyclic) bond motifs is 3. The molecule has 0 saturated heterocycles. The number of benzene rings is 1. The summed E-state index contributed by atoms with van der Waals surface area (Å²) in [5.74, 6) is -4.93. The average molecular weight is 480 g/mol. The zero-order valence-corrected chi connectivity index (χ0v) is 18.4. The number of carbonyl (C=O) groups is 4. The predicted octanol–water partition coefficient (Wildman–Crippen LogP) is -0.335. The van der Waals surface area contributed by atoms with Crippen LogP contribution < -0.4 is 9.36 Å². The Morgan fingerprint density at radius 2 is 1.50 bits per heavy atom. The first kappa shape index (κ1) is 21.6. The fourth-order valence-corrected chi connectivity index (χ4v) is 5.82. The first-order valence-electron chi connectivity index (χ1n) is 8.73. The van der Waals surface area contributed by atoms with Crippen molar-refractivity contribution < 1.29 is 38.1 Å². The maximum absolute atomic E-state index is 12.9. The van der Waals surface area contributed by atoms with Crippen molar-refractivity contribution in [3.05, 3.63) is 46.1 Å². The van der Waals surface area contributed by atoms with Gasteiger partial charge in [0.15, 0.2) is 0 Å². The van der Waals surface area contributed by atoms with Crippen LogP contribution >= 0.6 is 0 Å². The second-order valence-electron chi connectivity index (χ2n) is 6.20. The SMILES string of the molecule is COC(=O)C1=C(C(=O)OC)C(C(=O)OC)C(C(=O)OC)N2C(=C1)[Se]c1ccccc12. The van der Waals surface area contributed by atoms with E-state index in [9.17, 15) is 19.2 Å². The first-order chi connectivity index (χ1) is 14.4. The molecule has 0 fully saturated rings. The molecule has 10 heteroatoms. The van der Waals surface area contributed by atoms with Crippen LogP contribution in [0.4, 0.5) is 5.69 Å². The van der Waals surface area contributed by atoms with Gasteiger partial charge < -0.3 is 0 Å². The van der Waals surface area contributed by atoms with Crippen LogP contribution in [-0.2, 0) is 38.1 Å². The van der Waals surface area contributed by atoms with E-state index < -0.39 is 35.8 Å². The fraction of sp³-hybridized carbons (Fsp3) is 0.300. The van der Waals surface area contributed by atoms with Gasteiger partial charge in [0.2, 0.25) is 0 Å². The summed E-state index contributed by atoms with van der Waals surface area (Å²) >= 11 is -0.311. The Kier molecular flexibility index (Phi) is 6.28. The van der Waals surface area contributed by atoms with Crippen molar-refractivity contribution in [3.63, 3.8) is 0 Å². The summed E-state index contributed by atoms with van der Waals surface area (Å²) < 4.78 is 21.1. The molecule has 0 saturated carbocycles. The Labute approximate surface area is 178 Å². The summed E-state index contributed by atoms with van der Waals surface area (Å²) in [4.78, 5) is 52.7. The van der Waals surface area contributed by atoms with Crippen LogP contribution in [0.25, 0.3) is 0 Å². The van der Waals surface area contributed by atoms with Gasteiger partial charge in [-0.3, -0.25) is 0 Å². The summed E-state index contributed by atoms with van der Waals surface area (Å²) in [5.41, 5.74) is 0.200. The third kappa shape index (κ3) is 3.48. The molecule has 158 valence electrons. The van der Waals surface area contributed by atoms with Crippen LogP contribution in [-0.4, -0.2) is 73.3 Å². The van der Waals surface area contributed by atoms with Gasteiger partial charge in [0.05, 0.1) is 0 Å². The quantitative estimate of drug-likeness (QED) is 0.325. The molecule has 0 amide bonds. The zero-order valence-electron chi connectivity index (χ0n) is 16.7. The Hall–Kier alpha value is -3.10. The molecule has 2 atom stereocenters. The van der Waals surface area contributed by atoms with Gasteiger partial charge in [-0.15, -0.1) is 0 Å². The second kappa shape index (κ2) is 8.73. The summed E-state index contributed by atoms with van der Waals surface area (Å²) in [6, 6.07) is 6.06. The molecular weight excluding hydrogens is 461 g/mol. The average Bonchev–Trinajstić information content (AvgIpc) is 3.06. The molecule has 2 heterocycles. The minimum atomic E-state index is -1.49. The second-order valence-corrected chi connectivity index (χ2v) is 8.43. The van der Waals surface area contributed by atoms with Crippen LogP contribution in [0, 0.1) is 5.92 Å². The van der Waals surface area contributed by atoms with Crippen LogP contribution in [0.2, 0.25) is 0 Å². The number of hydrogen-bond donors (Lipinski definition) is 0. The van der Waals surface area contributed by atoms with E-state index in [2.05, 4.69) is 0 Å². The molecule has 0 aliphatic carbocycles. The Morgan fingerprint density at radius 1 is 0.867 bits per heavy atom. The number of para-hydroxylation sites is 1. The van der Waals surface area contributed by atoms with Crippen molar-refractivity contribution in [2.75, 3.05) is 33.3 Å². The monoisotopic (exact) mass is 481 g/mol. The number of carbonyl (C=O) groups excluding carboxylic acids is 4. The van der Waals surface area contributed by atoms with Crippen molar-refractivity contribution >= 4 is 49.0 Å². The van der Waals surface area contributed by atoms with Crippen molar-refractivity contribution in [1.29, 1.82) is 0 Å².